The van der Waals surface area contributed by atoms with Crippen LogP contribution in [0, 0.1) is 5.82 Å². The van der Waals surface area contributed by atoms with Gasteiger partial charge in [-0.2, -0.15) is 0 Å². The molecule has 0 radical (unpaired) electrons. The van der Waals surface area contributed by atoms with E-state index in [-0.39, 0.29) is 5.02 Å². The van der Waals surface area contributed by atoms with Crippen LogP contribution < -0.4 is 21.6 Å². The third-order valence-electron chi connectivity index (χ3n) is 3.51. The lowest BCUT2D eigenvalue weighted by Crippen LogP contribution is -2.25. The molecule has 2 aromatic heterocycles. The molecule has 2 heterocycles. The Hall–Kier alpha value is -3.12. The van der Waals surface area contributed by atoms with E-state index in [1.807, 2.05) is 12.3 Å². The van der Waals surface area contributed by atoms with E-state index in [2.05, 4.69) is 26.8 Å². The van der Waals surface area contributed by atoms with Crippen LogP contribution in [0.25, 0.3) is 23.5 Å². The predicted molar refractivity (Wildman–Crippen MR) is 99.1 cm³/mol. The molecule has 1 aromatic carbocycles. The summed E-state index contributed by atoms with van der Waals surface area (Å²) in [5.41, 5.74) is 7.78. The highest BCUT2D eigenvalue weighted by Crippen LogP contribution is 2.22. The highest BCUT2D eigenvalue weighted by molar-refractivity contribution is 6.31. The summed E-state index contributed by atoms with van der Waals surface area (Å²) in [6.45, 7) is 3.72. The lowest BCUT2D eigenvalue weighted by atomic mass is 10.2. The van der Waals surface area contributed by atoms with Crippen LogP contribution in [0.5, 0.6) is 0 Å². The number of benzene rings is 1. The summed E-state index contributed by atoms with van der Waals surface area (Å²) in [7, 11) is 0. The normalized spacial score (nSPS) is 12.4. The van der Waals surface area contributed by atoms with Crippen LogP contribution in [0.3, 0.4) is 0 Å². The Kier molecular flexibility index (Phi) is 4.81. The third-order valence-corrected chi connectivity index (χ3v) is 3.80. The molecule has 126 valence electrons. The Morgan fingerprint density at radius 2 is 2.16 bits per heavy atom. The van der Waals surface area contributed by atoms with Crippen molar-refractivity contribution in [3.05, 3.63) is 70.7 Å². The fourth-order valence-corrected chi connectivity index (χ4v) is 2.55. The van der Waals surface area contributed by atoms with Gasteiger partial charge in [-0.25, -0.2) is 14.4 Å². The van der Waals surface area contributed by atoms with Crippen molar-refractivity contribution in [1.29, 1.82) is 0 Å². The summed E-state index contributed by atoms with van der Waals surface area (Å²) in [6.07, 6.45) is 8.46. The SMILES string of the molecule is C=C/C=c1/c(-c2ccnc(Nc3ccc(F)c(Cl)c3)n2)c[nH]/c1=C/N. The van der Waals surface area contributed by atoms with E-state index >= 15 is 0 Å². The monoisotopic (exact) mass is 355 g/mol. The topological polar surface area (TPSA) is 79.6 Å². The van der Waals surface area contributed by atoms with E-state index in [4.69, 9.17) is 17.3 Å². The van der Waals surface area contributed by atoms with Gasteiger partial charge < -0.3 is 16.0 Å². The van der Waals surface area contributed by atoms with Gasteiger partial charge >= 0.3 is 0 Å². The number of aromatic amines is 1. The lowest BCUT2D eigenvalue weighted by molar-refractivity contribution is 0.628. The van der Waals surface area contributed by atoms with Crippen LogP contribution >= 0.6 is 11.6 Å². The molecule has 7 heteroatoms. The number of nitrogens with zero attached hydrogens (tertiary/aromatic N) is 2. The molecule has 0 saturated heterocycles. The van der Waals surface area contributed by atoms with Crippen LogP contribution in [-0.2, 0) is 0 Å². The Morgan fingerprint density at radius 3 is 2.88 bits per heavy atom. The van der Waals surface area contributed by atoms with E-state index in [1.165, 1.54) is 18.3 Å². The van der Waals surface area contributed by atoms with Crippen molar-refractivity contribution in [3.8, 4) is 11.3 Å². The first kappa shape index (κ1) is 16.7. The maximum absolute atomic E-state index is 13.3. The highest BCUT2D eigenvalue weighted by atomic mass is 35.5. The molecule has 25 heavy (non-hydrogen) atoms. The minimum Gasteiger partial charge on any atom is -0.403 e. The Morgan fingerprint density at radius 1 is 1.32 bits per heavy atom. The van der Waals surface area contributed by atoms with E-state index in [1.54, 1.807) is 24.4 Å². The molecule has 0 unspecified atom stereocenters. The summed E-state index contributed by atoms with van der Waals surface area (Å²) < 4.78 is 13.3. The number of nitrogens with one attached hydrogen (secondary N) is 2. The number of nitrogens with two attached hydrogens (primary N) is 1. The predicted octanol–water partition coefficient (Wildman–Crippen LogP) is 2.67. The maximum Gasteiger partial charge on any atom is 0.227 e. The van der Waals surface area contributed by atoms with Gasteiger partial charge in [0.1, 0.15) is 5.82 Å². The summed E-state index contributed by atoms with van der Waals surface area (Å²) in [6, 6.07) is 6.10. The lowest BCUT2D eigenvalue weighted by Gasteiger charge is -2.06. The Bertz CT molecular complexity index is 1040. The minimum atomic E-state index is -0.482. The van der Waals surface area contributed by atoms with E-state index in [0.29, 0.717) is 17.3 Å². The number of aromatic nitrogens is 3. The molecule has 0 saturated carbocycles. The van der Waals surface area contributed by atoms with Gasteiger partial charge in [0, 0.05) is 35.1 Å². The fourth-order valence-electron chi connectivity index (χ4n) is 2.37. The van der Waals surface area contributed by atoms with Crippen LogP contribution in [0.15, 0.2) is 49.3 Å². The van der Waals surface area contributed by atoms with Gasteiger partial charge in [-0.05, 0) is 24.3 Å². The number of allylic oxidation sites excluding steroid dienone is 1. The molecular formula is C18H15ClFN5. The molecule has 0 amide bonds. The number of H-pyrrole nitrogens is 1. The van der Waals surface area contributed by atoms with Gasteiger partial charge in [-0.15, -0.1) is 0 Å². The van der Waals surface area contributed by atoms with E-state index in [9.17, 15) is 4.39 Å². The summed E-state index contributed by atoms with van der Waals surface area (Å²) in [5, 5.41) is 4.69. The van der Waals surface area contributed by atoms with Crippen LogP contribution in [-0.4, -0.2) is 15.0 Å². The number of hydrogen-bond donors (Lipinski definition) is 3. The van der Waals surface area contributed by atoms with Gasteiger partial charge in [0.25, 0.3) is 0 Å². The Labute approximate surface area is 148 Å². The molecule has 3 aromatic rings. The molecule has 4 N–H and O–H groups in total. The summed E-state index contributed by atoms with van der Waals surface area (Å²) in [5.74, 6) is -0.117. The van der Waals surface area contributed by atoms with Crippen LogP contribution in [0.1, 0.15) is 0 Å². The number of rotatable bonds is 4. The van der Waals surface area contributed by atoms with Gasteiger partial charge in [0.15, 0.2) is 0 Å². The second-order valence-electron chi connectivity index (χ2n) is 5.12. The largest absolute Gasteiger partial charge is 0.403 e. The molecule has 0 bridgehead atoms. The molecule has 0 fully saturated rings. The summed E-state index contributed by atoms with van der Waals surface area (Å²) >= 11 is 5.79. The molecule has 0 aliphatic rings. The average molecular weight is 356 g/mol. The fraction of sp³-hybridized carbons (Fsp3) is 0. The molecule has 0 spiro atoms. The minimum absolute atomic E-state index is 0.0257. The van der Waals surface area contributed by atoms with Gasteiger partial charge in [-0.3, -0.25) is 0 Å². The van der Waals surface area contributed by atoms with Gasteiger partial charge in [-0.1, -0.05) is 30.3 Å². The summed E-state index contributed by atoms with van der Waals surface area (Å²) in [4.78, 5) is 11.8. The molecule has 5 nitrogen and oxygen atoms in total. The number of halogens is 2. The molecular weight excluding hydrogens is 341 g/mol. The number of anilines is 2. The second-order valence-corrected chi connectivity index (χ2v) is 5.53. The molecule has 0 aliphatic carbocycles. The van der Waals surface area contributed by atoms with Crippen molar-refractivity contribution in [2.24, 2.45) is 5.73 Å². The van der Waals surface area contributed by atoms with E-state index in [0.717, 1.165) is 16.1 Å². The van der Waals surface area contributed by atoms with Gasteiger partial charge in [0.05, 0.1) is 16.1 Å². The second kappa shape index (κ2) is 7.19. The average Bonchev–Trinajstić information content (AvgIpc) is 3.02. The Balaban J connectivity index is 2.00. The van der Waals surface area contributed by atoms with Crippen LogP contribution in [0.2, 0.25) is 5.02 Å². The van der Waals surface area contributed by atoms with E-state index < -0.39 is 5.82 Å². The standard InChI is InChI=1S/C18H15ClFN5/c1-2-3-12-13(10-23-17(12)9-21)16-6-7-22-18(25-16)24-11-4-5-15(20)14(19)8-11/h2-10,23H,1,21H2,(H,22,24,25)/b12-3-,17-9+. The van der Waals surface area contributed by atoms with Crippen LogP contribution in [0.4, 0.5) is 16.0 Å². The molecule has 0 aliphatic heterocycles. The number of hydrogen-bond acceptors (Lipinski definition) is 4. The van der Waals surface area contributed by atoms with Crippen molar-refractivity contribution >= 4 is 35.5 Å². The smallest absolute Gasteiger partial charge is 0.227 e. The van der Waals surface area contributed by atoms with Crippen molar-refractivity contribution in [2.45, 2.75) is 0 Å². The first-order valence-corrected chi connectivity index (χ1v) is 7.77. The van der Waals surface area contributed by atoms with Crippen molar-refractivity contribution in [1.82, 2.24) is 15.0 Å². The van der Waals surface area contributed by atoms with Crippen molar-refractivity contribution in [3.63, 3.8) is 0 Å². The zero-order valence-electron chi connectivity index (χ0n) is 13.1. The zero-order valence-corrected chi connectivity index (χ0v) is 13.9. The first-order chi connectivity index (χ1) is 12.1. The maximum atomic E-state index is 13.3. The van der Waals surface area contributed by atoms with Crippen molar-refractivity contribution < 1.29 is 4.39 Å². The zero-order chi connectivity index (χ0) is 17.8. The first-order valence-electron chi connectivity index (χ1n) is 7.40. The highest BCUT2D eigenvalue weighted by Gasteiger charge is 2.07. The molecule has 0 atom stereocenters. The quantitative estimate of drug-likeness (QED) is 0.672. The van der Waals surface area contributed by atoms with Crippen molar-refractivity contribution in [2.75, 3.05) is 5.32 Å². The third kappa shape index (κ3) is 3.54. The van der Waals surface area contributed by atoms with Gasteiger partial charge in [0.2, 0.25) is 5.95 Å². The molecule has 3 rings (SSSR count).